The lowest BCUT2D eigenvalue weighted by Gasteiger charge is -2.16. The van der Waals surface area contributed by atoms with Crippen LogP contribution in [0.5, 0.6) is 11.5 Å². The molecule has 20 heavy (non-hydrogen) atoms. The molecular weight excluding hydrogens is 250 g/mol. The van der Waals surface area contributed by atoms with Crippen LogP contribution in [0.2, 0.25) is 0 Å². The zero-order chi connectivity index (χ0) is 14.8. The Kier molecular flexibility index (Phi) is 8.12. The predicted molar refractivity (Wildman–Crippen MR) is 84.7 cm³/mol. The van der Waals surface area contributed by atoms with Crippen LogP contribution in [0.25, 0.3) is 0 Å². The van der Waals surface area contributed by atoms with Crippen LogP contribution in [0.15, 0.2) is 18.2 Å². The van der Waals surface area contributed by atoms with Crippen molar-refractivity contribution >= 4 is 0 Å². The quantitative estimate of drug-likeness (QED) is 0.647. The Labute approximate surface area is 123 Å². The fourth-order valence-electron chi connectivity index (χ4n) is 2.29. The van der Waals surface area contributed by atoms with Gasteiger partial charge in [-0.25, -0.2) is 0 Å². The van der Waals surface area contributed by atoms with Crippen molar-refractivity contribution in [2.75, 3.05) is 20.8 Å². The molecule has 0 saturated heterocycles. The number of methoxy groups -OCH3 is 2. The Morgan fingerprint density at radius 2 is 1.70 bits per heavy atom. The van der Waals surface area contributed by atoms with Crippen LogP contribution in [0.4, 0.5) is 0 Å². The first-order valence-electron chi connectivity index (χ1n) is 7.68. The zero-order valence-corrected chi connectivity index (χ0v) is 13.4. The Hall–Kier alpha value is -1.22. The van der Waals surface area contributed by atoms with E-state index in [1.807, 2.05) is 12.1 Å². The van der Waals surface area contributed by atoms with E-state index >= 15 is 0 Å². The van der Waals surface area contributed by atoms with Gasteiger partial charge in [0.25, 0.3) is 0 Å². The van der Waals surface area contributed by atoms with Gasteiger partial charge in [-0.05, 0) is 37.6 Å². The SMILES string of the molecule is CCCCCCCNC(C)c1ccc(OC)c(OC)c1. The third kappa shape index (κ3) is 5.41. The molecule has 0 aliphatic carbocycles. The van der Waals surface area contributed by atoms with Crippen LogP contribution in [0.1, 0.15) is 57.6 Å². The predicted octanol–water partition coefficient (Wildman–Crippen LogP) is 4.32. The molecule has 0 spiro atoms. The summed E-state index contributed by atoms with van der Waals surface area (Å²) >= 11 is 0. The summed E-state index contributed by atoms with van der Waals surface area (Å²) in [6.07, 6.45) is 6.57. The Morgan fingerprint density at radius 1 is 1.00 bits per heavy atom. The van der Waals surface area contributed by atoms with Crippen LogP contribution in [-0.4, -0.2) is 20.8 Å². The van der Waals surface area contributed by atoms with Gasteiger partial charge in [-0.15, -0.1) is 0 Å². The highest BCUT2D eigenvalue weighted by atomic mass is 16.5. The molecule has 0 radical (unpaired) electrons. The maximum Gasteiger partial charge on any atom is 0.161 e. The van der Waals surface area contributed by atoms with E-state index < -0.39 is 0 Å². The van der Waals surface area contributed by atoms with Gasteiger partial charge in [0.15, 0.2) is 11.5 Å². The molecule has 0 amide bonds. The lowest BCUT2D eigenvalue weighted by atomic mass is 10.1. The summed E-state index contributed by atoms with van der Waals surface area (Å²) in [5.41, 5.74) is 1.23. The average Bonchev–Trinajstić information content (AvgIpc) is 2.49. The molecule has 0 heterocycles. The van der Waals surface area contributed by atoms with E-state index in [2.05, 4.69) is 25.2 Å². The molecule has 3 heteroatoms. The number of unbranched alkanes of at least 4 members (excludes halogenated alkanes) is 4. The Morgan fingerprint density at radius 3 is 2.35 bits per heavy atom. The molecule has 1 aromatic rings. The van der Waals surface area contributed by atoms with Crippen molar-refractivity contribution in [2.24, 2.45) is 0 Å². The second-order valence-corrected chi connectivity index (χ2v) is 5.20. The molecule has 1 rings (SSSR count). The maximum absolute atomic E-state index is 5.34. The van der Waals surface area contributed by atoms with Gasteiger partial charge < -0.3 is 14.8 Å². The van der Waals surface area contributed by atoms with E-state index in [1.165, 1.54) is 37.7 Å². The van der Waals surface area contributed by atoms with Gasteiger partial charge in [0, 0.05) is 6.04 Å². The molecule has 1 unspecified atom stereocenters. The fourth-order valence-corrected chi connectivity index (χ4v) is 2.29. The number of hydrogen-bond acceptors (Lipinski definition) is 3. The monoisotopic (exact) mass is 279 g/mol. The molecule has 0 aliphatic heterocycles. The van der Waals surface area contributed by atoms with E-state index in [9.17, 15) is 0 Å². The molecule has 0 fully saturated rings. The summed E-state index contributed by atoms with van der Waals surface area (Å²) in [5.74, 6) is 1.57. The van der Waals surface area contributed by atoms with Crippen LogP contribution >= 0.6 is 0 Å². The third-order valence-electron chi connectivity index (χ3n) is 3.64. The first-order chi connectivity index (χ1) is 9.72. The van der Waals surface area contributed by atoms with Gasteiger partial charge in [0.2, 0.25) is 0 Å². The minimum absolute atomic E-state index is 0.334. The largest absolute Gasteiger partial charge is 0.493 e. The second kappa shape index (κ2) is 9.65. The molecule has 0 saturated carbocycles. The highest BCUT2D eigenvalue weighted by Gasteiger charge is 2.09. The third-order valence-corrected chi connectivity index (χ3v) is 3.64. The van der Waals surface area contributed by atoms with E-state index in [-0.39, 0.29) is 0 Å². The molecule has 1 aromatic carbocycles. The van der Waals surface area contributed by atoms with Crippen LogP contribution in [0, 0.1) is 0 Å². The summed E-state index contributed by atoms with van der Waals surface area (Å²) in [6.45, 7) is 5.50. The summed E-state index contributed by atoms with van der Waals surface area (Å²) in [6, 6.07) is 6.44. The second-order valence-electron chi connectivity index (χ2n) is 5.20. The highest BCUT2D eigenvalue weighted by Crippen LogP contribution is 2.29. The number of nitrogens with one attached hydrogen (secondary N) is 1. The lowest BCUT2D eigenvalue weighted by molar-refractivity contribution is 0.354. The van der Waals surface area contributed by atoms with Crippen molar-refractivity contribution < 1.29 is 9.47 Å². The summed E-state index contributed by atoms with van der Waals surface area (Å²) in [7, 11) is 3.34. The molecule has 0 aromatic heterocycles. The molecule has 0 bridgehead atoms. The van der Waals surface area contributed by atoms with Crippen molar-refractivity contribution in [2.45, 2.75) is 52.0 Å². The molecule has 0 aliphatic rings. The zero-order valence-electron chi connectivity index (χ0n) is 13.4. The van der Waals surface area contributed by atoms with Crippen molar-refractivity contribution in [3.63, 3.8) is 0 Å². The van der Waals surface area contributed by atoms with Crippen molar-refractivity contribution in [1.29, 1.82) is 0 Å². The van der Waals surface area contributed by atoms with E-state index in [1.54, 1.807) is 14.2 Å². The van der Waals surface area contributed by atoms with Gasteiger partial charge >= 0.3 is 0 Å². The van der Waals surface area contributed by atoms with E-state index in [4.69, 9.17) is 9.47 Å². The Bertz CT molecular complexity index is 379. The number of ether oxygens (including phenoxy) is 2. The molecule has 1 N–H and O–H groups in total. The first-order valence-corrected chi connectivity index (χ1v) is 7.68. The van der Waals surface area contributed by atoms with Crippen LogP contribution < -0.4 is 14.8 Å². The topological polar surface area (TPSA) is 30.5 Å². The van der Waals surface area contributed by atoms with Gasteiger partial charge in [-0.3, -0.25) is 0 Å². The maximum atomic E-state index is 5.34. The number of benzene rings is 1. The highest BCUT2D eigenvalue weighted by molar-refractivity contribution is 5.43. The molecule has 1 atom stereocenters. The number of hydrogen-bond donors (Lipinski definition) is 1. The first kappa shape index (κ1) is 16.8. The summed E-state index contributed by atoms with van der Waals surface area (Å²) in [5, 5.41) is 3.57. The van der Waals surface area contributed by atoms with Gasteiger partial charge in [-0.2, -0.15) is 0 Å². The molecule has 3 nitrogen and oxygen atoms in total. The van der Waals surface area contributed by atoms with Crippen LogP contribution in [0.3, 0.4) is 0 Å². The average molecular weight is 279 g/mol. The smallest absolute Gasteiger partial charge is 0.161 e. The van der Waals surface area contributed by atoms with Gasteiger partial charge in [0.05, 0.1) is 14.2 Å². The normalized spacial score (nSPS) is 12.2. The van der Waals surface area contributed by atoms with Gasteiger partial charge in [-0.1, -0.05) is 38.7 Å². The number of rotatable bonds is 10. The van der Waals surface area contributed by atoms with E-state index in [0.717, 1.165) is 18.0 Å². The van der Waals surface area contributed by atoms with Crippen LogP contribution in [-0.2, 0) is 0 Å². The Balaban J connectivity index is 2.41. The minimum atomic E-state index is 0.334. The molecular formula is C17H29NO2. The molecule has 114 valence electrons. The lowest BCUT2D eigenvalue weighted by Crippen LogP contribution is -2.19. The standard InChI is InChI=1S/C17H29NO2/c1-5-6-7-8-9-12-18-14(2)15-10-11-16(19-3)17(13-15)20-4/h10-11,13-14,18H,5-9,12H2,1-4H3. The summed E-state index contributed by atoms with van der Waals surface area (Å²) in [4.78, 5) is 0. The van der Waals surface area contributed by atoms with Crippen molar-refractivity contribution in [3.05, 3.63) is 23.8 Å². The summed E-state index contributed by atoms with van der Waals surface area (Å²) < 4.78 is 10.6. The minimum Gasteiger partial charge on any atom is -0.493 e. The van der Waals surface area contributed by atoms with Crippen molar-refractivity contribution in [1.82, 2.24) is 5.32 Å². The van der Waals surface area contributed by atoms with Gasteiger partial charge in [0.1, 0.15) is 0 Å². The van der Waals surface area contributed by atoms with Crippen molar-refractivity contribution in [3.8, 4) is 11.5 Å². The van der Waals surface area contributed by atoms with E-state index in [0.29, 0.717) is 6.04 Å². The fraction of sp³-hybridized carbons (Fsp3) is 0.647.